The van der Waals surface area contributed by atoms with Crippen LogP contribution in [0.4, 0.5) is 5.69 Å². The van der Waals surface area contributed by atoms with E-state index in [0.29, 0.717) is 24.4 Å². The molecule has 1 amide bonds. The van der Waals surface area contributed by atoms with Crippen LogP contribution in [0.3, 0.4) is 0 Å². The molecule has 0 aromatic heterocycles. The van der Waals surface area contributed by atoms with Crippen LogP contribution >= 0.6 is 0 Å². The van der Waals surface area contributed by atoms with Gasteiger partial charge in [-0.3, -0.25) is 9.69 Å². The summed E-state index contributed by atoms with van der Waals surface area (Å²) >= 11 is 0. The van der Waals surface area contributed by atoms with Gasteiger partial charge in [-0.1, -0.05) is 6.07 Å². The van der Waals surface area contributed by atoms with Crippen LogP contribution in [-0.2, 0) is 9.53 Å². The molecule has 0 saturated carbocycles. The molecule has 0 radical (unpaired) electrons. The Kier molecular flexibility index (Phi) is 5.71. The summed E-state index contributed by atoms with van der Waals surface area (Å²) in [7, 11) is 0. The third-order valence-corrected chi connectivity index (χ3v) is 3.23. The minimum absolute atomic E-state index is 0.0714. The van der Waals surface area contributed by atoms with E-state index >= 15 is 0 Å². The molecule has 21 heavy (non-hydrogen) atoms. The SMILES string of the molecule is CCOC(=O)c1cccc(NC(=O)CN2CCNCC2)c1. The van der Waals surface area contributed by atoms with Crippen molar-refractivity contribution in [1.82, 2.24) is 10.2 Å². The molecule has 1 fully saturated rings. The van der Waals surface area contributed by atoms with Gasteiger partial charge in [0.2, 0.25) is 5.91 Å². The number of esters is 1. The van der Waals surface area contributed by atoms with Gasteiger partial charge < -0.3 is 15.4 Å². The first-order valence-corrected chi connectivity index (χ1v) is 7.19. The molecular formula is C15H21N3O3. The minimum atomic E-state index is -0.379. The first-order valence-electron chi connectivity index (χ1n) is 7.19. The molecule has 6 nitrogen and oxygen atoms in total. The second kappa shape index (κ2) is 7.75. The third-order valence-electron chi connectivity index (χ3n) is 3.23. The molecule has 0 spiro atoms. The minimum Gasteiger partial charge on any atom is -0.462 e. The highest BCUT2D eigenvalue weighted by Crippen LogP contribution is 2.12. The lowest BCUT2D eigenvalue weighted by Gasteiger charge is -2.26. The van der Waals surface area contributed by atoms with Crippen LogP contribution < -0.4 is 10.6 Å². The topological polar surface area (TPSA) is 70.7 Å². The number of nitrogens with one attached hydrogen (secondary N) is 2. The van der Waals surface area contributed by atoms with Crippen LogP contribution in [0, 0.1) is 0 Å². The molecule has 1 heterocycles. The summed E-state index contributed by atoms with van der Waals surface area (Å²) in [4.78, 5) is 25.7. The molecule has 0 atom stereocenters. The molecule has 1 aromatic rings. The lowest BCUT2D eigenvalue weighted by Crippen LogP contribution is -2.46. The Morgan fingerprint density at radius 2 is 2.10 bits per heavy atom. The smallest absolute Gasteiger partial charge is 0.338 e. The first kappa shape index (κ1) is 15.5. The predicted molar refractivity (Wildman–Crippen MR) is 80.3 cm³/mol. The van der Waals surface area contributed by atoms with Crippen LogP contribution in [0.15, 0.2) is 24.3 Å². The Balaban J connectivity index is 1.91. The molecule has 1 aromatic carbocycles. The zero-order valence-electron chi connectivity index (χ0n) is 12.2. The lowest BCUT2D eigenvalue weighted by atomic mass is 10.2. The average Bonchev–Trinajstić information content (AvgIpc) is 2.48. The molecule has 2 rings (SSSR count). The van der Waals surface area contributed by atoms with Gasteiger partial charge in [0.1, 0.15) is 0 Å². The van der Waals surface area contributed by atoms with Gasteiger partial charge in [0.05, 0.1) is 18.7 Å². The van der Waals surface area contributed by atoms with Crippen LogP contribution in [0.5, 0.6) is 0 Å². The van der Waals surface area contributed by atoms with Crippen molar-refractivity contribution in [2.75, 3.05) is 44.6 Å². The standard InChI is InChI=1S/C15H21N3O3/c1-2-21-15(20)12-4-3-5-13(10-12)17-14(19)11-18-8-6-16-7-9-18/h3-5,10,16H,2,6-9,11H2,1H3,(H,17,19). The molecule has 6 heteroatoms. The number of carbonyl (C=O) groups excluding carboxylic acids is 2. The molecule has 1 aliphatic rings. The fourth-order valence-corrected chi connectivity index (χ4v) is 2.21. The van der Waals surface area contributed by atoms with E-state index in [9.17, 15) is 9.59 Å². The van der Waals surface area contributed by atoms with Gasteiger partial charge in [-0.25, -0.2) is 4.79 Å². The largest absolute Gasteiger partial charge is 0.462 e. The van der Waals surface area contributed by atoms with Crippen LogP contribution in [-0.4, -0.2) is 56.1 Å². The fourth-order valence-electron chi connectivity index (χ4n) is 2.21. The van der Waals surface area contributed by atoms with E-state index in [4.69, 9.17) is 4.74 Å². The number of amides is 1. The highest BCUT2D eigenvalue weighted by atomic mass is 16.5. The number of hydrogen-bond donors (Lipinski definition) is 2. The summed E-state index contributed by atoms with van der Waals surface area (Å²) in [6.07, 6.45) is 0. The maximum atomic E-state index is 12.0. The van der Waals surface area contributed by atoms with Gasteiger partial charge in [-0.15, -0.1) is 0 Å². The summed E-state index contributed by atoms with van der Waals surface area (Å²) in [6, 6.07) is 6.79. The average molecular weight is 291 g/mol. The number of carbonyl (C=O) groups is 2. The van der Waals surface area contributed by atoms with Gasteiger partial charge in [-0.05, 0) is 25.1 Å². The number of rotatable bonds is 5. The Hall–Kier alpha value is -1.92. The highest BCUT2D eigenvalue weighted by molar-refractivity contribution is 5.95. The first-order chi connectivity index (χ1) is 10.2. The molecule has 1 saturated heterocycles. The van der Waals surface area contributed by atoms with Crippen molar-refractivity contribution < 1.29 is 14.3 Å². The van der Waals surface area contributed by atoms with Crippen LogP contribution in [0.1, 0.15) is 17.3 Å². The second-order valence-corrected chi connectivity index (χ2v) is 4.88. The molecule has 1 aliphatic heterocycles. The van der Waals surface area contributed by atoms with Crippen molar-refractivity contribution in [2.24, 2.45) is 0 Å². The van der Waals surface area contributed by atoms with Crippen molar-refractivity contribution in [3.8, 4) is 0 Å². The molecular weight excluding hydrogens is 270 g/mol. The van der Waals surface area contributed by atoms with Gasteiger partial charge in [0.15, 0.2) is 0 Å². The fraction of sp³-hybridized carbons (Fsp3) is 0.467. The maximum absolute atomic E-state index is 12.0. The number of ether oxygens (including phenoxy) is 1. The summed E-state index contributed by atoms with van der Waals surface area (Å²) in [5.41, 5.74) is 1.05. The van der Waals surface area contributed by atoms with Crippen molar-refractivity contribution >= 4 is 17.6 Å². The van der Waals surface area contributed by atoms with E-state index < -0.39 is 0 Å². The molecule has 0 bridgehead atoms. The van der Waals surface area contributed by atoms with Gasteiger partial charge >= 0.3 is 5.97 Å². The van der Waals surface area contributed by atoms with Crippen molar-refractivity contribution in [3.63, 3.8) is 0 Å². The summed E-state index contributed by atoms with van der Waals surface area (Å²) in [5.74, 6) is -0.450. The number of benzene rings is 1. The number of nitrogens with zero attached hydrogens (tertiary/aromatic N) is 1. The Morgan fingerprint density at radius 1 is 1.33 bits per heavy atom. The van der Waals surface area contributed by atoms with Crippen molar-refractivity contribution in [3.05, 3.63) is 29.8 Å². The third kappa shape index (κ3) is 4.84. The maximum Gasteiger partial charge on any atom is 0.338 e. The Labute approximate surface area is 124 Å². The van der Waals surface area contributed by atoms with E-state index in [1.807, 2.05) is 0 Å². The van der Waals surface area contributed by atoms with E-state index in [1.165, 1.54) is 0 Å². The number of anilines is 1. The Bertz CT molecular complexity index is 499. The summed E-state index contributed by atoms with van der Waals surface area (Å²) < 4.78 is 4.94. The van der Waals surface area contributed by atoms with E-state index in [-0.39, 0.29) is 11.9 Å². The molecule has 114 valence electrons. The molecule has 0 unspecified atom stereocenters. The molecule has 0 aliphatic carbocycles. The normalized spacial score (nSPS) is 15.5. The Morgan fingerprint density at radius 3 is 2.81 bits per heavy atom. The van der Waals surface area contributed by atoms with Crippen LogP contribution in [0.25, 0.3) is 0 Å². The quantitative estimate of drug-likeness (QED) is 0.782. The van der Waals surface area contributed by atoms with Gasteiger partial charge in [0, 0.05) is 31.9 Å². The zero-order chi connectivity index (χ0) is 15.1. The van der Waals surface area contributed by atoms with E-state index in [1.54, 1.807) is 31.2 Å². The molecule has 2 N–H and O–H groups in total. The number of hydrogen-bond acceptors (Lipinski definition) is 5. The predicted octanol–water partition coefficient (Wildman–Crippen LogP) is 0.707. The summed E-state index contributed by atoms with van der Waals surface area (Å²) in [6.45, 7) is 6.02. The lowest BCUT2D eigenvalue weighted by molar-refractivity contribution is -0.117. The van der Waals surface area contributed by atoms with E-state index in [2.05, 4.69) is 15.5 Å². The van der Waals surface area contributed by atoms with Gasteiger partial charge in [-0.2, -0.15) is 0 Å². The summed E-state index contributed by atoms with van der Waals surface area (Å²) in [5, 5.41) is 6.06. The van der Waals surface area contributed by atoms with Gasteiger partial charge in [0.25, 0.3) is 0 Å². The highest BCUT2D eigenvalue weighted by Gasteiger charge is 2.14. The van der Waals surface area contributed by atoms with Crippen LogP contribution in [0.2, 0.25) is 0 Å². The van der Waals surface area contributed by atoms with E-state index in [0.717, 1.165) is 26.2 Å². The number of piperazine rings is 1. The van der Waals surface area contributed by atoms with Crippen molar-refractivity contribution in [2.45, 2.75) is 6.92 Å². The zero-order valence-corrected chi connectivity index (χ0v) is 12.2. The van der Waals surface area contributed by atoms with Crippen molar-refractivity contribution in [1.29, 1.82) is 0 Å². The monoisotopic (exact) mass is 291 g/mol. The second-order valence-electron chi connectivity index (χ2n) is 4.88.